The highest BCUT2D eigenvalue weighted by Gasteiger charge is 2.13. The number of anilines is 1. The number of hydrogen-bond donors (Lipinski definition) is 2. The number of rotatable bonds is 8. The number of benzene rings is 2. The van der Waals surface area contributed by atoms with Gasteiger partial charge in [-0.15, -0.1) is 0 Å². The van der Waals surface area contributed by atoms with Gasteiger partial charge in [-0.05, 0) is 49.2 Å². The van der Waals surface area contributed by atoms with E-state index in [0.717, 1.165) is 39.4 Å². The third kappa shape index (κ3) is 5.01. The Balaban J connectivity index is 2.24. The van der Waals surface area contributed by atoms with E-state index in [1.54, 1.807) is 31.6 Å². The summed E-state index contributed by atoms with van der Waals surface area (Å²) in [5, 5.41) is 1.56. The Kier molecular flexibility index (Phi) is 7.25. The van der Waals surface area contributed by atoms with E-state index in [1.807, 2.05) is 50.2 Å². The van der Waals surface area contributed by atoms with Gasteiger partial charge in [0.2, 0.25) is 0 Å². The zero-order chi connectivity index (χ0) is 19.8. The van der Waals surface area contributed by atoms with Crippen LogP contribution in [0.25, 0.3) is 5.57 Å². The van der Waals surface area contributed by atoms with Crippen molar-refractivity contribution in [2.75, 3.05) is 25.7 Å². The fourth-order valence-electron chi connectivity index (χ4n) is 2.77. The van der Waals surface area contributed by atoms with Gasteiger partial charge in [0.15, 0.2) is 0 Å². The number of aryl methyl sites for hydroxylation is 1. The van der Waals surface area contributed by atoms with Gasteiger partial charge in [-0.25, -0.2) is 5.84 Å². The van der Waals surface area contributed by atoms with Gasteiger partial charge >= 0.3 is 0 Å². The Bertz CT molecular complexity index is 829. The van der Waals surface area contributed by atoms with Gasteiger partial charge in [0, 0.05) is 31.6 Å². The normalized spacial score (nSPS) is 11.7. The summed E-state index contributed by atoms with van der Waals surface area (Å²) in [5.74, 6) is 7.47. The molecule has 0 amide bonds. The minimum atomic E-state index is 0.345. The predicted octanol–water partition coefficient (Wildman–Crippen LogP) is 3.28. The molecule has 6 nitrogen and oxygen atoms in total. The van der Waals surface area contributed by atoms with Crippen LogP contribution in [-0.2, 0) is 6.61 Å². The topological polar surface area (TPSA) is 86.1 Å². The minimum absolute atomic E-state index is 0.345. The van der Waals surface area contributed by atoms with E-state index in [-0.39, 0.29) is 0 Å². The van der Waals surface area contributed by atoms with Crippen molar-refractivity contribution in [3.05, 3.63) is 59.3 Å². The van der Waals surface area contributed by atoms with Crippen molar-refractivity contribution in [1.29, 1.82) is 0 Å². The second-order valence-electron chi connectivity index (χ2n) is 6.09. The molecule has 0 heterocycles. The van der Waals surface area contributed by atoms with Crippen LogP contribution in [0.4, 0.5) is 5.69 Å². The molecule has 0 saturated heterocycles. The Labute approximate surface area is 161 Å². The molecule has 2 aromatic rings. The molecule has 0 aliphatic rings. The third-order valence-corrected chi connectivity index (χ3v) is 4.18. The fourth-order valence-corrected chi connectivity index (χ4v) is 2.77. The summed E-state index contributed by atoms with van der Waals surface area (Å²) in [5.41, 5.74) is 10.4. The Morgan fingerprint density at radius 1 is 1.22 bits per heavy atom. The molecule has 144 valence electrons. The molecule has 0 unspecified atom stereocenters. The van der Waals surface area contributed by atoms with E-state index in [9.17, 15) is 0 Å². The molecular formula is C21H28N4O2. The first kappa shape index (κ1) is 20.3. The Morgan fingerprint density at radius 2 is 2.00 bits per heavy atom. The second kappa shape index (κ2) is 9.64. The van der Waals surface area contributed by atoms with Crippen LogP contribution in [0.1, 0.15) is 23.6 Å². The van der Waals surface area contributed by atoms with Gasteiger partial charge in [-0.3, -0.25) is 4.99 Å². The molecule has 0 aliphatic carbocycles. The van der Waals surface area contributed by atoms with Crippen LogP contribution in [-0.4, -0.2) is 26.9 Å². The van der Waals surface area contributed by atoms with Crippen molar-refractivity contribution in [1.82, 2.24) is 0 Å². The fraction of sp³-hybridized carbons (Fsp3) is 0.286. The lowest BCUT2D eigenvalue weighted by molar-refractivity contribution is 0.295. The average molecular weight is 368 g/mol. The van der Waals surface area contributed by atoms with Gasteiger partial charge in [-0.1, -0.05) is 12.1 Å². The molecule has 6 heteroatoms. The number of nitrogens with zero attached hydrogens (tertiary/aromatic N) is 2. The maximum Gasteiger partial charge on any atom is 0.127 e. The van der Waals surface area contributed by atoms with Crippen molar-refractivity contribution in [2.45, 2.75) is 20.5 Å². The second-order valence-corrected chi connectivity index (χ2v) is 6.09. The minimum Gasteiger partial charge on any atom is -0.496 e. The summed E-state index contributed by atoms with van der Waals surface area (Å²) in [7, 11) is 3.43. The van der Waals surface area contributed by atoms with E-state index >= 15 is 0 Å². The van der Waals surface area contributed by atoms with Gasteiger partial charge in [0.1, 0.15) is 18.1 Å². The first-order valence-corrected chi connectivity index (χ1v) is 8.81. The molecule has 0 aromatic heterocycles. The third-order valence-electron chi connectivity index (χ3n) is 4.18. The van der Waals surface area contributed by atoms with E-state index in [2.05, 4.69) is 4.99 Å². The highest BCUT2D eigenvalue weighted by molar-refractivity contribution is 6.09. The van der Waals surface area contributed by atoms with Crippen LogP contribution in [0.3, 0.4) is 0 Å². The van der Waals surface area contributed by atoms with E-state index < -0.39 is 0 Å². The number of nitrogens with two attached hydrogens (primary N) is 2. The number of aliphatic imine (C=N–C) groups is 1. The zero-order valence-corrected chi connectivity index (χ0v) is 16.4. The van der Waals surface area contributed by atoms with Crippen molar-refractivity contribution < 1.29 is 9.47 Å². The monoisotopic (exact) mass is 368 g/mol. The number of hydrogen-bond acceptors (Lipinski definition) is 6. The van der Waals surface area contributed by atoms with Crippen molar-refractivity contribution >= 4 is 17.5 Å². The number of hydrazine groups is 1. The van der Waals surface area contributed by atoms with E-state index in [4.69, 9.17) is 21.1 Å². The zero-order valence-electron chi connectivity index (χ0n) is 16.4. The molecule has 0 aliphatic heterocycles. The first-order chi connectivity index (χ1) is 13.0. The summed E-state index contributed by atoms with van der Waals surface area (Å²) < 4.78 is 11.5. The molecule has 0 bridgehead atoms. The molecule has 0 radical (unpaired) electrons. The SMILES string of the molecule is CCN=CC(=CN)c1ccc(OCc2c(OC)cccc2N(C)N)c(C)c1. The molecule has 0 atom stereocenters. The molecule has 2 aromatic carbocycles. The molecule has 0 fully saturated rings. The lowest BCUT2D eigenvalue weighted by Crippen LogP contribution is -2.26. The van der Waals surface area contributed by atoms with Crippen LogP contribution >= 0.6 is 0 Å². The summed E-state index contributed by atoms with van der Waals surface area (Å²) >= 11 is 0. The van der Waals surface area contributed by atoms with Crippen LogP contribution < -0.4 is 26.1 Å². The number of ether oxygens (including phenoxy) is 2. The Hall–Kier alpha value is -2.99. The van der Waals surface area contributed by atoms with Gasteiger partial charge in [0.05, 0.1) is 18.4 Å². The number of allylic oxidation sites excluding steroid dienone is 1. The highest BCUT2D eigenvalue weighted by atomic mass is 16.5. The highest BCUT2D eigenvalue weighted by Crippen LogP contribution is 2.30. The maximum absolute atomic E-state index is 6.06. The van der Waals surface area contributed by atoms with E-state index in [0.29, 0.717) is 13.2 Å². The summed E-state index contributed by atoms with van der Waals surface area (Å²) in [6.45, 7) is 5.05. The van der Waals surface area contributed by atoms with Crippen LogP contribution in [0.15, 0.2) is 47.6 Å². The molecular weight excluding hydrogens is 340 g/mol. The predicted molar refractivity (Wildman–Crippen MR) is 112 cm³/mol. The van der Waals surface area contributed by atoms with Crippen LogP contribution in [0.2, 0.25) is 0 Å². The standard InChI is InChI=1S/C21H28N4O2/c1-5-24-13-17(12-22)16-9-10-20(15(2)11-16)27-14-18-19(25(3)23)7-6-8-21(18)26-4/h6-13H,5,14,22-23H2,1-4H3. The van der Waals surface area contributed by atoms with Crippen molar-refractivity contribution in [3.63, 3.8) is 0 Å². The van der Waals surface area contributed by atoms with E-state index in [1.165, 1.54) is 0 Å². The average Bonchev–Trinajstić information content (AvgIpc) is 2.67. The van der Waals surface area contributed by atoms with Crippen LogP contribution in [0.5, 0.6) is 11.5 Å². The summed E-state index contributed by atoms with van der Waals surface area (Å²) in [6.07, 6.45) is 3.35. The van der Waals surface area contributed by atoms with Crippen LogP contribution in [0, 0.1) is 6.92 Å². The maximum atomic E-state index is 6.06. The molecule has 0 saturated carbocycles. The van der Waals surface area contributed by atoms with Gasteiger partial charge in [-0.2, -0.15) is 0 Å². The van der Waals surface area contributed by atoms with Gasteiger partial charge in [0.25, 0.3) is 0 Å². The summed E-state index contributed by atoms with van der Waals surface area (Å²) in [4.78, 5) is 4.26. The lowest BCUT2D eigenvalue weighted by Gasteiger charge is -2.20. The first-order valence-electron chi connectivity index (χ1n) is 8.81. The molecule has 2 rings (SSSR count). The number of methoxy groups -OCH3 is 1. The van der Waals surface area contributed by atoms with Crippen molar-refractivity contribution in [3.8, 4) is 11.5 Å². The molecule has 0 spiro atoms. The largest absolute Gasteiger partial charge is 0.496 e. The quantitative estimate of drug-likeness (QED) is 0.424. The van der Waals surface area contributed by atoms with Gasteiger partial charge < -0.3 is 20.2 Å². The smallest absolute Gasteiger partial charge is 0.127 e. The molecule has 27 heavy (non-hydrogen) atoms. The molecule has 4 N–H and O–H groups in total. The Morgan fingerprint density at radius 3 is 2.59 bits per heavy atom. The summed E-state index contributed by atoms with van der Waals surface area (Å²) in [6, 6.07) is 11.7. The lowest BCUT2D eigenvalue weighted by atomic mass is 10.0. The van der Waals surface area contributed by atoms with Crippen molar-refractivity contribution in [2.24, 2.45) is 16.6 Å².